The predicted molar refractivity (Wildman–Crippen MR) is 254 cm³/mol. The standard InChI is InChI=1S/C52H103NO7/c1-5-9-13-17-23-31-39-49(40-32-24-18-14-10-6-2)59-51(55)57-47-37-29-21-27-35-43-53(45-46-54)44-36-28-22-30-38-48-58-52(56)60-50(41-33-25-19-15-11-7-3)42-34-26-20-16-12-8-4/h49-50,54H,5-48H2,1-4H3. The second-order valence-electron chi connectivity index (χ2n) is 18.0. The highest BCUT2D eigenvalue weighted by Gasteiger charge is 2.17. The fourth-order valence-electron chi connectivity index (χ4n) is 8.20. The summed E-state index contributed by atoms with van der Waals surface area (Å²) in [5.74, 6) is 0. The first kappa shape index (κ1) is 58.5. The Morgan fingerprint density at radius 3 is 0.933 bits per heavy atom. The molecular weight excluding hydrogens is 751 g/mol. The lowest BCUT2D eigenvalue weighted by atomic mass is 10.0. The highest BCUT2D eigenvalue weighted by Crippen LogP contribution is 2.20. The van der Waals surface area contributed by atoms with Crippen molar-refractivity contribution in [2.24, 2.45) is 0 Å². The van der Waals surface area contributed by atoms with E-state index in [9.17, 15) is 14.7 Å². The van der Waals surface area contributed by atoms with Gasteiger partial charge in [-0.1, -0.05) is 195 Å². The number of carbonyl (C=O) groups is 2. The van der Waals surface area contributed by atoms with Crippen molar-refractivity contribution >= 4 is 12.3 Å². The Morgan fingerprint density at radius 2 is 0.633 bits per heavy atom. The largest absolute Gasteiger partial charge is 0.508 e. The number of nitrogens with zero attached hydrogens (tertiary/aromatic N) is 1. The van der Waals surface area contributed by atoms with E-state index in [4.69, 9.17) is 18.9 Å². The van der Waals surface area contributed by atoms with Crippen LogP contribution in [0.4, 0.5) is 9.59 Å². The first-order valence-corrected chi connectivity index (χ1v) is 26.5. The number of aliphatic hydroxyl groups is 1. The van der Waals surface area contributed by atoms with Gasteiger partial charge >= 0.3 is 12.3 Å². The number of hydrogen-bond acceptors (Lipinski definition) is 8. The van der Waals surface area contributed by atoms with Crippen molar-refractivity contribution in [1.29, 1.82) is 0 Å². The number of hydrogen-bond donors (Lipinski definition) is 1. The van der Waals surface area contributed by atoms with Crippen LogP contribution in [-0.2, 0) is 18.9 Å². The minimum Gasteiger partial charge on any atom is -0.434 e. The number of unbranched alkanes of at least 4 members (excludes halogenated alkanes) is 28. The van der Waals surface area contributed by atoms with Crippen LogP contribution in [0.5, 0.6) is 0 Å². The Bertz CT molecular complexity index is 775. The van der Waals surface area contributed by atoms with Gasteiger partial charge in [0.15, 0.2) is 0 Å². The average molecular weight is 854 g/mol. The van der Waals surface area contributed by atoms with Crippen molar-refractivity contribution in [2.75, 3.05) is 39.5 Å². The van der Waals surface area contributed by atoms with Crippen molar-refractivity contribution < 1.29 is 33.6 Å². The van der Waals surface area contributed by atoms with Gasteiger partial charge in [0.2, 0.25) is 0 Å². The van der Waals surface area contributed by atoms with Gasteiger partial charge in [-0.15, -0.1) is 0 Å². The summed E-state index contributed by atoms with van der Waals surface area (Å²) in [6, 6.07) is 0. The zero-order valence-electron chi connectivity index (χ0n) is 40.6. The molecule has 0 aliphatic heterocycles. The molecule has 0 atom stereocenters. The Kier molecular flexibility index (Phi) is 47.2. The van der Waals surface area contributed by atoms with E-state index in [1.807, 2.05) is 0 Å². The molecule has 358 valence electrons. The van der Waals surface area contributed by atoms with Crippen LogP contribution in [0.3, 0.4) is 0 Å². The topological polar surface area (TPSA) is 94.5 Å². The molecule has 0 saturated carbocycles. The maximum atomic E-state index is 12.5. The molecule has 0 spiro atoms. The molecule has 0 amide bonds. The second-order valence-corrected chi connectivity index (χ2v) is 18.0. The summed E-state index contributed by atoms with van der Waals surface area (Å²) >= 11 is 0. The molecular formula is C52H103NO7. The Hall–Kier alpha value is -1.54. The van der Waals surface area contributed by atoms with Crippen molar-refractivity contribution in [2.45, 2.75) is 284 Å². The number of ether oxygens (including phenoxy) is 4. The third-order valence-corrected chi connectivity index (χ3v) is 12.1. The van der Waals surface area contributed by atoms with Crippen LogP contribution in [0.2, 0.25) is 0 Å². The van der Waals surface area contributed by atoms with Gasteiger partial charge in [-0.05, 0) is 90.1 Å². The second kappa shape index (κ2) is 48.5. The smallest absolute Gasteiger partial charge is 0.434 e. The van der Waals surface area contributed by atoms with Gasteiger partial charge < -0.3 is 29.0 Å². The van der Waals surface area contributed by atoms with E-state index in [0.29, 0.717) is 13.2 Å². The quantitative estimate of drug-likeness (QED) is 0.0478. The van der Waals surface area contributed by atoms with Crippen LogP contribution < -0.4 is 0 Å². The van der Waals surface area contributed by atoms with Crippen molar-refractivity contribution in [3.05, 3.63) is 0 Å². The minimum atomic E-state index is -0.481. The molecule has 0 aliphatic rings. The molecule has 0 rings (SSSR count). The molecule has 0 aromatic carbocycles. The molecule has 0 heterocycles. The van der Waals surface area contributed by atoms with Crippen LogP contribution in [0.25, 0.3) is 0 Å². The lowest BCUT2D eigenvalue weighted by Gasteiger charge is -2.21. The summed E-state index contributed by atoms with van der Waals surface area (Å²) in [6.45, 7) is 12.8. The summed E-state index contributed by atoms with van der Waals surface area (Å²) in [4.78, 5) is 27.4. The maximum absolute atomic E-state index is 12.5. The van der Waals surface area contributed by atoms with Gasteiger partial charge in [0.25, 0.3) is 0 Å². The molecule has 0 aromatic rings. The first-order valence-electron chi connectivity index (χ1n) is 26.5. The number of carbonyl (C=O) groups excluding carboxylic acids is 2. The van der Waals surface area contributed by atoms with E-state index in [2.05, 4.69) is 32.6 Å². The molecule has 0 fully saturated rings. The predicted octanol–water partition coefficient (Wildman–Crippen LogP) is 16.2. The van der Waals surface area contributed by atoms with Crippen LogP contribution in [-0.4, -0.2) is 74.0 Å². The molecule has 1 N–H and O–H groups in total. The van der Waals surface area contributed by atoms with Crippen LogP contribution in [0.15, 0.2) is 0 Å². The van der Waals surface area contributed by atoms with Gasteiger partial charge in [-0.3, -0.25) is 0 Å². The van der Waals surface area contributed by atoms with Crippen LogP contribution in [0.1, 0.15) is 272 Å². The van der Waals surface area contributed by atoms with E-state index >= 15 is 0 Å². The molecule has 0 radical (unpaired) electrons. The van der Waals surface area contributed by atoms with Gasteiger partial charge in [0.05, 0.1) is 19.8 Å². The maximum Gasteiger partial charge on any atom is 0.508 e. The Morgan fingerprint density at radius 1 is 0.367 bits per heavy atom. The zero-order chi connectivity index (χ0) is 43.8. The number of aliphatic hydroxyl groups excluding tert-OH is 1. The summed E-state index contributed by atoms with van der Waals surface area (Å²) in [6.07, 6.45) is 43.5. The van der Waals surface area contributed by atoms with Crippen molar-refractivity contribution in [3.8, 4) is 0 Å². The third-order valence-electron chi connectivity index (χ3n) is 12.1. The fourth-order valence-corrected chi connectivity index (χ4v) is 8.20. The molecule has 0 unspecified atom stereocenters. The number of rotatable bonds is 48. The summed E-state index contributed by atoms with van der Waals surface area (Å²) < 4.78 is 22.6. The molecule has 8 heteroatoms. The van der Waals surface area contributed by atoms with Gasteiger partial charge in [0.1, 0.15) is 12.2 Å². The van der Waals surface area contributed by atoms with E-state index < -0.39 is 12.3 Å². The highest BCUT2D eigenvalue weighted by atomic mass is 16.7. The van der Waals surface area contributed by atoms with E-state index in [0.717, 1.165) is 135 Å². The van der Waals surface area contributed by atoms with Gasteiger partial charge in [-0.2, -0.15) is 0 Å². The Balaban J connectivity index is 4.13. The summed E-state index contributed by atoms with van der Waals surface area (Å²) in [5, 5.41) is 9.62. The zero-order valence-corrected chi connectivity index (χ0v) is 40.6. The summed E-state index contributed by atoms with van der Waals surface area (Å²) in [7, 11) is 0. The molecule has 0 bridgehead atoms. The van der Waals surface area contributed by atoms with E-state index in [1.165, 1.54) is 128 Å². The van der Waals surface area contributed by atoms with Crippen molar-refractivity contribution in [1.82, 2.24) is 4.90 Å². The van der Waals surface area contributed by atoms with Gasteiger partial charge in [-0.25, -0.2) is 9.59 Å². The highest BCUT2D eigenvalue weighted by molar-refractivity contribution is 5.60. The first-order chi connectivity index (χ1) is 29.5. The molecule has 0 aliphatic carbocycles. The van der Waals surface area contributed by atoms with Gasteiger partial charge in [0, 0.05) is 6.54 Å². The van der Waals surface area contributed by atoms with Crippen molar-refractivity contribution in [3.63, 3.8) is 0 Å². The lowest BCUT2D eigenvalue weighted by molar-refractivity contribution is 0.0145. The molecule has 0 aromatic heterocycles. The average Bonchev–Trinajstić information content (AvgIpc) is 3.24. The Labute approximate surface area is 373 Å². The molecule has 8 nitrogen and oxygen atoms in total. The fraction of sp³-hybridized carbons (Fsp3) is 0.962. The SMILES string of the molecule is CCCCCCCCC(CCCCCCCC)OC(=O)OCCCCCCCN(CCO)CCCCCCCOC(=O)OC(CCCCCCCC)CCCCCCCC. The van der Waals surface area contributed by atoms with Crippen LogP contribution >= 0.6 is 0 Å². The molecule has 0 saturated heterocycles. The van der Waals surface area contributed by atoms with E-state index in [1.54, 1.807) is 0 Å². The van der Waals surface area contributed by atoms with Crippen LogP contribution in [0, 0.1) is 0 Å². The van der Waals surface area contributed by atoms with E-state index in [-0.39, 0.29) is 18.8 Å². The minimum absolute atomic E-state index is 0.00861. The normalized spacial score (nSPS) is 11.6. The monoisotopic (exact) mass is 854 g/mol. The third kappa shape index (κ3) is 43.1. The lowest BCUT2D eigenvalue weighted by Crippen LogP contribution is -2.29. The molecule has 60 heavy (non-hydrogen) atoms. The summed E-state index contributed by atoms with van der Waals surface area (Å²) in [5.41, 5.74) is 0.